The van der Waals surface area contributed by atoms with Gasteiger partial charge in [-0.15, -0.1) is 0 Å². The molecule has 0 radical (unpaired) electrons. The van der Waals surface area contributed by atoms with Crippen LogP contribution in [0.2, 0.25) is 0 Å². The Bertz CT molecular complexity index is 815. The number of hydrogen-bond donors (Lipinski definition) is 1. The van der Waals surface area contributed by atoms with Crippen LogP contribution in [-0.4, -0.2) is 28.9 Å². The summed E-state index contributed by atoms with van der Waals surface area (Å²) in [5, 5.41) is 6.21. The van der Waals surface area contributed by atoms with Gasteiger partial charge in [-0.25, -0.2) is 0 Å². The molecule has 1 aromatic carbocycles. The number of fused-ring (bicyclic) bond motifs is 1. The summed E-state index contributed by atoms with van der Waals surface area (Å²) in [6.45, 7) is 4.08. The smallest absolute Gasteiger partial charge is 0.433 e. The molecule has 0 saturated carbocycles. The summed E-state index contributed by atoms with van der Waals surface area (Å²) in [4.78, 5) is 12.3. The Morgan fingerprint density at radius 1 is 1.27 bits per heavy atom. The Morgan fingerprint density at radius 2 is 1.96 bits per heavy atom. The van der Waals surface area contributed by atoms with Gasteiger partial charge in [0.25, 0.3) is 5.91 Å². The zero-order valence-corrected chi connectivity index (χ0v) is 14.3. The van der Waals surface area contributed by atoms with E-state index in [1.54, 1.807) is 32.0 Å². The van der Waals surface area contributed by atoms with E-state index < -0.39 is 29.4 Å². The van der Waals surface area contributed by atoms with Crippen LogP contribution in [0.15, 0.2) is 24.4 Å². The first-order chi connectivity index (χ1) is 12.3. The maximum absolute atomic E-state index is 13.3. The minimum absolute atomic E-state index is 0.0552. The summed E-state index contributed by atoms with van der Waals surface area (Å²) >= 11 is 0. The maximum Gasteiger partial charge on any atom is 0.433 e. The van der Waals surface area contributed by atoms with Crippen molar-refractivity contribution in [3.63, 3.8) is 0 Å². The van der Waals surface area contributed by atoms with Crippen molar-refractivity contribution in [2.45, 2.75) is 32.6 Å². The van der Waals surface area contributed by atoms with E-state index in [9.17, 15) is 18.0 Å². The lowest BCUT2D eigenvalue weighted by molar-refractivity contribution is -0.145. The highest BCUT2D eigenvalue weighted by Crippen LogP contribution is 2.34. The largest absolute Gasteiger partial charge is 0.486 e. The predicted molar refractivity (Wildman–Crippen MR) is 86.2 cm³/mol. The van der Waals surface area contributed by atoms with Crippen LogP contribution in [0.3, 0.4) is 0 Å². The molecule has 6 nitrogen and oxygen atoms in total. The monoisotopic (exact) mass is 369 g/mol. The maximum atomic E-state index is 13.3. The fraction of sp³-hybridized carbons (Fsp3) is 0.412. The summed E-state index contributed by atoms with van der Waals surface area (Å²) in [5.41, 5.74) is -0.858. The quantitative estimate of drug-likeness (QED) is 0.899. The summed E-state index contributed by atoms with van der Waals surface area (Å²) in [7, 11) is 0. The average Bonchev–Trinajstić information content (AvgIpc) is 3.05. The minimum atomic E-state index is -4.68. The van der Waals surface area contributed by atoms with Crippen molar-refractivity contribution >= 4 is 5.91 Å². The van der Waals surface area contributed by atoms with Crippen LogP contribution in [0.4, 0.5) is 13.2 Å². The normalized spacial score (nSPS) is 13.8. The second-order valence-corrected chi connectivity index (χ2v) is 6.10. The number of nitrogens with zero attached hydrogens (tertiary/aromatic N) is 2. The van der Waals surface area contributed by atoms with Gasteiger partial charge in [0.2, 0.25) is 0 Å². The van der Waals surface area contributed by atoms with E-state index in [-0.39, 0.29) is 6.54 Å². The third-order valence-electron chi connectivity index (χ3n) is 3.86. The highest BCUT2D eigenvalue weighted by molar-refractivity contribution is 5.95. The second kappa shape index (κ2) is 6.89. The number of hydrogen-bond acceptors (Lipinski definition) is 4. The number of nitrogens with one attached hydrogen (secondary N) is 1. The number of carbonyl (C=O) groups excluding carboxylic acids is 1. The van der Waals surface area contributed by atoms with Crippen molar-refractivity contribution in [3.8, 4) is 11.5 Å². The molecule has 1 aliphatic heterocycles. The molecule has 1 N–H and O–H groups in total. The van der Waals surface area contributed by atoms with E-state index in [2.05, 4.69) is 10.4 Å². The summed E-state index contributed by atoms with van der Waals surface area (Å²) in [6, 6.07) is 4.59. The Kier molecular flexibility index (Phi) is 4.80. The van der Waals surface area contributed by atoms with Crippen LogP contribution in [0.25, 0.3) is 0 Å². The molecule has 0 aliphatic carbocycles. The van der Waals surface area contributed by atoms with Crippen molar-refractivity contribution in [2.75, 3.05) is 13.2 Å². The van der Waals surface area contributed by atoms with Crippen molar-refractivity contribution in [1.82, 2.24) is 15.1 Å². The van der Waals surface area contributed by atoms with Gasteiger partial charge in [-0.2, -0.15) is 18.3 Å². The molecule has 3 rings (SSSR count). The van der Waals surface area contributed by atoms with Crippen molar-refractivity contribution in [3.05, 3.63) is 41.2 Å². The van der Waals surface area contributed by atoms with Crippen LogP contribution in [0, 0.1) is 0 Å². The molecule has 9 heteroatoms. The Hall–Kier alpha value is -2.71. The first kappa shape index (κ1) is 18.1. The SMILES string of the molecule is CC(C)n1ncc(C(=O)NCc2ccc3c(c2)OCCO3)c1C(F)(F)F. The molecule has 140 valence electrons. The van der Waals surface area contributed by atoms with Gasteiger partial charge in [0, 0.05) is 12.6 Å². The van der Waals surface area contributed by atoms with E-state index in [4.69, 9.17) is 9.47 Å². The molecule has 0 bridgehead atoms. The summed E-state index contributed by atoms with van der Waals surface area (Å²) in [5.74, 6) is 0.314. The van der Waals surface area contributed by atoms with Crippen LogP contribution in [0.5, 0.6) is 11.5 Å². The number of amides is 1. The molecule has 2 aromatic rings. The van der Waals surface area contributed by atoms with Crippen LogP contribution < -0.4 is 14.8 Å². The highest BCUT2D eigenvalue weighted by Gasteiger charge is 2.40. The lowest BCUT2D eigenvalue weighted by atomic mass is 10.1. The van der Waals surface area contributed by atoms with Crippen LogP contribution in [0.1, 0.15) is 41.5 Å². The van der Waals surface area contributed by atoms with Gasteiger partial charge in [0.1, 0.15) is 13.2 Å². The molecule has 1 amide bonds. The third kappa shape index (κ3) is 3.61. The van der Waals surface area contributed by atoms with E-state index in [1.807, 2.05) is 0 Å². The van der Waals surface area contributed by atoms with Gasteiger partial charge in [0.05, 0.1) is 11.8 Å². The molecule has 1 aliphatic rings. The zero-order valence-electron chi connectivity index (χ0n) is 14.3. The van der Waals surface area contributed by atoms with Gasteiger partial charge >= 0.3 is 6.18 Å². The van der Waals surface area contributed by atoms with Gasteiger partial charge in [-0.3, -0.25) is 9.48 Å². The van der Waals surface area contributed by atoms with Gasteiger partial charge in [-0.1, -0.05) is 6.07 Å². The molecule has 2 heterocycles. The highest BCUT2D eigenvalue weighted by atomic mass is 19.4. The summed E-state index contributed by atoms with van der Waals surface area (Å²) < 4.78 is 51.7. The topological polar surface area (TPSA) is 65.4 Å². The Balaban J connectivity index is 1.77. The molecule has 0 unspecified atom stereocenters. The number of ether oxygens (including phenoxy) is 2. The Morgan fingerprint density at radius 3 is 2.62 bits per heavy atom. The van der Waals surface area contributed by atoms with E-state index in [0.717, 1.165) is 10.9 Å². The zero-order chi connectivity index (χ0) is 18.9. The molecule has 0 spiro atoms. The Labute approximate surface area is 147 Å². The minimum Gasteiger partial charge on any atom is -0.486 e. The predicted octanol–water partition coefficient (Wildman–Crippen LogP) is 3.18. The standard InChI is InChI=1S/C17H18F3N3O3/c1-10(2)23-15(17(18,19)20)12(9-22-23)16(24)21-8-11-3-4-13-14(7-11)26-6-5-25-13/h3-4,7,9-10H,5-6,8H2,1-2H3,(H,21,24). The van der Waals surface area contributed by atoms with Gasteiger partial charge in [0.15, 0.2) is 17.2 Å². The van der Waals surface area contributed by atoms with Crippen molar-refractivity contribution < 1.29 is 27.4 Å². The van der Waals surface area contributed by atoms with Crippen LogP contribution >= 0.6 is 0 Å². The van der Waals surface area contributed by atoms with Crippen molar-refractivity contribution in [2.24, 2.45) is 0 Å². The van der Waals surface area contributed by atoms with E-state index in [1.165, 1.54) is 0 Å². The average molecular weight is 369 g/mol. The van der Waals surface area contributed by atoms with E-state index in [0.29, 0.717) is 30.3 Å². The molecule has 0 fully saturated rings. The number of alkyl halides is 3. The van der Waals surface area contributed by atoms with E-state index >= 15 is 0 Å². The third-order valence-corrected chi connectivity index (χ3v) is 3.86. The fourth-order valence-corrected chi connectivity index (χ4v) is 2.68. The van der Waals surface area contributed by atoms with Crippen molar-refractivity contribution in [1.29, 1.82) is 0 Å². The van der Waals surface area contributed by atoms with Gasteiger partial charge < -0.3 is 14.8 Å². The van der Waals surface area contributed by atoms with Gasteiger partial charge in [-0.05, 0) is 31.5 Å². The number of benzene rings is 1. The lowest BCUT2D eigenvalue weighted by Gasteiger charge is -2.19. The second-order valence-electron chi connectivity index (χ2n) is 6.10. The first-order valence-corrected chi connectivity index (χ1v) is 8.09. The summed E-state index contributed by atoms with van der Waals surface area (Å²) in [6.07, 6.45) is -3.73. The number of rotatable bonds is 4. The first-order valence-electron chi connectivity index (χ1n) is 8.09. The fourth-order valence-electron chi connectivity index (χ4n) is 2.68. The molecular weight excluding hydrogens is 351 g/mol. The molecular formula is C17H18F3N3O3. The lowest BCUT2D eigenvalue weighted by Crippen LogP contribution is -2.27. The molecule has 1 aromatic heterocycles. The number of aromatic nitrogens is 2. The molecule has 0 atom stereocenters. The van der Waals surface area contributed by atoms with Crippen LogP contribution in [-0.2, 0) is 12.7 Å². The number of halogens is 3. The molecule has 26 heavy (non-hydrogen) atoms. The molecule has 0 saturated heterocycles. The number of carbonyl (C=O) groups is 1.